The number of hydrogen-bond acceptors (Lipinski definition) is 3. The molecule has 1 saturated heterocycles. The largest absolute Gasteiger partial charge is 0.481 e. The number of rotatable bonds is 6. The van der Waals surface area contributed by atoms with Gasteiger partial charge in [0, 0.05) is 18.8 Å². The Bertz CT molecular complexity index is 561. The van der Waals surface area contributed by atoms with E-state index in [1.807, 2.05) is 32.0 Å². The van der Waals surface area contributed by atoms with Gasteiger partial charge in [-0.1, -0.05) is 44.2 Å². The molecule has 126 valence electrons. The van der Waals surface area contributed by atoms with Crippen molar-refractivity contribution in [2.45, 2.75) is 38.2 Å². The lowest BCUT2D eigenvalue weighted by molar-refractivity contribution is -0.147. The van der Waals surface area contributed by atoms with Crippen molar-refractivity contribution >= 4 is 23.6 Å². The summed E-state index contributed by atoms with van der Waals surface area (Å²) in [5.74, 6) is 0.268. The third kappa shape index (κ3) is 4.28. The van der Waals surface area contributed by atoms with Gasteiger partial charge < -0.3 is 10.0 Å². The fourth-order valence-corrected chi connectivity index (χ4v) is 4.05. The van der Waals surface area contributed by atoms with Crippen molar-refractivity contribution in [3.05, 3.63) is 35.9 Å². The summed E-state index contributed by atoms with van der Waals surface area (Å²) < 4.78 is 0. The Labute approximate surface area is 142 Å². The highest BCUT2D eigenvalue weighted by Crippen LogP contribution is 2.33. The van der Waals surface area contributed by atoms with E-state index < -0.39 is 11.4 Å². The molecular weight excluding hydrogens is 310 g/mol. The van der Waals surface area contributed by atoms with E-state index in [1.165, 1.54) is 5.56 Å². The second-order valence-electron chi connectivity index (χ2n) is 6.84. The molecule has 1 N–H and O–H groups in total. The van der Waals surface area contributed by atoms with Gasteiger partial charge in [-0.3, -0.25) is 9.59 Å². The van der Waals surface area contributed by atoms with Gasteiger partial charge in [-0.2, -0.15) is 0 Å². The molecule has 5 heteroatoms. The average Bonchev–Trinajstić information content (AvgIpc) is 2.92. The molecule has 1 aromatic rings. The molecule has 0 saturated carbocycles. The smallest absolute Gasteiger partial charge is 0.311 e. The number of likely N-dealkylation sites (tertiary alicyclic amines) is 1. The van der Waals surface area contributed by atoms with E-state index in [4.69, 9.17) is 0 Å². The molecule has 0 radical (unpaired) electrons. The van der Waals surface area contributed by atoms with Gasteiger partial charge >= 0.3 is 5.97 Å². The molecule has 0 spiro atoms. The van der Waals surface area contributed by atoms with E-state index in [2.05, 4.69) is 12.1 Å². The molecule has 4 nitrogen and oxygen atoms in total. The van der Waals surface area contributed by atoms with E-state index in [1.54, 1.807) is 23.6 Å². The van der Waals surface area contributed by atoms with E-state index in [0.717, 1.165) is 5.75 Å². The Hall–Kier alpha value is -1.49. The number of carbonyl (C=O) groups excluding carboxylic acids is 1. The van der Waals surface area contributed by atoms with E-state index in [0.29, 0.717) is 19.5 Å². The fourth-order valence-electron chi connectivity index (χ4n) is 2.81. The summed E-state index contributed by atoms with van der Waals surface area (Å²) >= 11 is 1.65. The van der Waals surface area contributed by atoms with Gasteiger partial charge in [0.2, 0.25) is 5.91 Å². The van der Waals surface area contributed by atoms with Gasteiger partial charge in [0.25, 0.3) is 0 Å². The van der Waals surface area contributed by atoms with Crippen molar-refractivity contribution in [3.8, 4) is 0 Å². The summed E-state index contributed by atoms with van der Waals surface area (Å²) in [6.45, 7) is 6.68. The number of nitrogens with zero attached hydrogens (tertiary/aromatic N) is 1. The monoisotopic (exact) mass is 335 g/mol. The standard InChI is InChI=1S/C18H25NO3S/c1-13(2)15(23-11-14-7-5-4-6-8-14)16(20)19-10-9-18(3,12-19)17(21)22/h4-8,13,15H,9-12H2,1-3H3,(H,21,22). The van der Waals surface area contributed by atoms with Gasteiger partial charge in [-0.25, -0.2) is 0 Å². The normalized spacial score (nSPS) is 22.3. The zero-order valence-electron chi connectivity index (χ0n) is 14.0. The van der Waals surface area contributed by atoms with Crippen LogP contribution in [-0.2, 0) is 15.3 Å². The number of carboxylic acids is 1. The predicted molar refractivity (Wildman–Crippen MR) is 93.3 cm³/mol. The van der Waals surface area contributed by atoms with Crippen molar-refractivity contribution in [2.24, 2.45) is 11.3 Å². The molecule has 0 aliphatic carbocycles. The van der Waals surface area contributed by atoms with Crippen molar-refractivity contribution in [1.82, 2.24) is 4.90 Å². The first-order chi connectivity index (χ1) is 10.8. The minimum Gasteiger partial charge on any atom is -0.481 e. The number of aliphatic carboxylic acids is 1. The number of hydrogen-bond donors (Lipinski definition) is 1. The molecule has 1 aliphatic rings. The zero-order chi connectivity index (χ0) is 17.0. The van der Waals surface area contributed by atoms with Crippen LogP contribution in [0.15, 0.2) is 30.3 Å². The molecule has 1 fully saturated rings. The number of carbonyl (C=O) groups is 2. The topological polar surface area (TPSA) is 57.6 Å². The Morgan fingerprint density at radius 1 is 1.30 bits per heavy atom. The third-order valence-electron chi connectivity index (χ3n) is 4.42. The first-order valence-corrected chi connectivity index (χ1v) is 9.06. The van der Waals surface area contributed by atoms with Crippen molar-refractivity contribution < 1.29 is 14.7 Å². The van der Waals surface area contributed by atoms with Crippen LogP contribution in [0.25, 0.3) is 0 Å². The summed E-state index contributed by atoms with van der Waals surface area (Å²) in [7, 11) is 0. The second-order valence-corrected chi connectivity index (χ2v) is 7.97. The Balaban J connectivity index is 2.00. The molecule has 23 heavy (non-hydrogen) atoms. The van der Waals surface area contributed by atoms with Crippen LogP contribution >= 0.6 is 11.8 Å². The van der Waals surface area contributed by atoms with Gasteiger partial charge in [0.15, 0.2) is 0 Å². The van der Waals surface area contributed by atoms with Crippen LogP contribution < -0.4 is 0 Å². The maximum atomic E-state index is 12.8. The summed E-state index contributed by atoms with van der Waals surface area (Å²) in [6, 6.07) is 10.1. The summed E-state index contributed by atoms with van der Waals surface area (Å²) in [5, 5.41) is 9.20. The summed E-state index contributed by atoms with van der Waals surface area (Å²) in [6.07, 6.45) is 0.530. The molecule has 1 heterocycles. The molecule has 1 amide bonds. The van der Waals surface area contributed by atoms with Crippen molar-refractivity contribution in [3.63, 3.8) is 0 Å². The van der Waals surface area contributed by atoms with Crippen LogP contribution in [0.5, 0.6) is 0 Å². The number of benzene rings is 1. The quantitative estimate of drug-likeness (QED) is 0.867. The van der Waals surface area contributed by atoms with Crippen LogP contribution in [0, 0.1) is 11.3 Å². The molecular formula is C18H25NO3S. The molecule has 1 aliphatic heterocycles. The third-order valence-corrected chi connectivity index (χ3v) is 6.03. The van der Waals surface area contributed by atoms with Crippen LogP contribution in [0.2, 0.25) is 0 Å². The van der Waals surface area contributed by atoms with Gasteiger partial charge in [0.1, 0.15) is 0 Å². The maximum absolute atomic E-state index is 12.8. The lowest BCUT2D eigenvalue weighted by Gasteiger charge is -2.27. The predicted octanol–water partition coefficient (Wildman–Crippen LogP) is 3.27. The van der Waals surface area contributed by atoms with Gasteiger partial charge in [0.05, 0.1) is 10.7 Å². The summed E-state index contributed by atoms with van der Waals surface area (Å²) in [5.41, 5.74) is 0.397. The first-order valence-electron chi connectivity index (χ1n) is 8.01. The Kier molecular flexibility index (Phi) is 5.74. The lowest BCUT2D eigenvalue weighted by Crippen LogP contribution is -2.41. The van der Waals surface area contributed by atoms with Gasteiger partial charge in [-0.05, 0) is 24.8 Å². The maximum Gasteiger partial charge on any atom is 0.311 e. The SMILES string of the molecule is CC(C)C(SCc1ccccc1)C(=O)N1CCC(C)(C(=O)O)C1. The minimum absolute atomic E-state index is 0.0749. The minimum atomic E-state index is -0.814. The van der Waals surface area contributed by atoms with Crippen molar-refractivity contribution in [1.29, 1.82) is 0 Å². The first kappa shape index (κ1) is 17.9. The zero-order valence-corrected chi connectivity index (χ0v) is 14.8. The molecule has 2 rings (SSSR count). The van der Waals surface area contributed by atoms with E-state index in [9.17, 15) is 14.7 Å². The molecule has 2 unspecified atom stereocenters. The second kappa shape index (κ2) is 7.39. The molecule has 0 bridgehead atoms. The van der Waals surface area contributed by atoms with Crippen LogP contribution in [0.3, 0.4) is 0 Å². The molecule has 1 aromatic carbocycles. The summed E-state index contributed by atoms with van der Waals surface area (Å²) in [4.78, 5) is 25.9. The number of amides is 1. The number of carboxylic acid groups (broad SMARTS) is 1. The van der Waals surface area contributed by atoms with Crippen LogP contribution in [-0.4, -0.2) is 40.2 Å². The highest BCUT2D eigenvalue weighted by Gasteiger charge is 2.43. The molecule has 2 atom stereocenters. The fraction of sp³-hybridized carbons (Fsp3) is 0.556. The highest BCUT2D eigenvalue weighted by atomic mass is 32.2. The van der Waals surface area contributed by atoms with Crippen LogP contribution in [0.4, 0.5) is 0 Å². The highest BCUT2D eigenvalue weighted by molar-refractivity contribution is 7.99. The van der Waals surface area contributed by atoms with Gasteiger partial charge in [-0.15, -0.1) is 11.8 Å². The van der Waals surface area contributed by atoms with E-state index in [-0.39, 0.29) is 17.1 Å². The van der Waals surface area contributed by atoms with Crippen molar-refractivity contribution in [2.75, 3.05) is 13.1 Å². The molecule has 0 aromatic heterocycles. The Morgan fingerprint density at radius 2 is 1.96 bits per heavy atom. The lowest BCUT2D eigenvalue weighted by atomic mass is 9.90. The average molecular weight is 335 g/mol. The Morgan fingerprint density at radius 3 is 2.48 bits per heavy atom. The number of thioether (sulfide) groups is 1. The van der Waals surface area contributed by atoms with E-state index >= 15 is 0 Å². The van der Waals surface area contributed by atoms with Crippen LogP contribution in [0.1, 0.15) is 32.8 Å².